The molecule has 14 nitrogen and oxygen atoms in total. The van der Waals surface area contributed by atoms with Crippen LogP contribution >= 0.6 is 0 Å². The predicted molar refractivity (Wildman–Crippen MR) is 34.5 cm³/mol. The molecule has 0 saturated carbocycles. The van der Waals surface area contributed by atoms with Gasteiger partial charge in [-0.2, -0.15) is 0 Å². The summed E-state index contributed by atoms with van der Waals surface area (Å²) < 4.78 is 34.3. The molecule has 0 unspecified atom stereocenters. The van der Waals surface area contributed by atoms with Crippen LogP contribution in [0.25, 0.3) is 0 Å². The van der Waals surface area contributed by atoms with Crippen LogP contribution < -0.4 is 30.1 Å². The van der Waals surface area contributed by atoms with Crippen molar-refractivity contribution in [2.75, 3.05) is 0 Å². The van der Waals surface area contributed by atoms with Gasteiger partial charge in [-0.05, 0) is 0 Å². The predicted octanol–water partition coefficient (Wildman–Crippen LogP) is -12.1. The van der Waals surface area contributed by atoms with E-state index >= 15 is 0 Å². The van der Waals surface area contributed by atoms with Crippen molar-refractivity contribution in [3.8, 4) is 0 Å². The molecule has 0 aromatic heterocycles. The summed E-state index contributed by atoms with van der Waals surface area (Å²) in [6.07, 6.45) is 0. The van der Waals surface area contributed by atoms with Gasteiger partial charge in [0, 0.05) is 0 Å². The monoisotopic (exact) mass is 770 g/mol. The van der Waals surface area contributed by atoms with Gasteiger partial charge >= 0.3 is 102 Å². The summed E-state index contributed by atoms with van der Waals surface area (Å²) in [7, 11) is -5.83. The number of rotatable bonds is 0. The van der Waals surface area contributed by atoms with E-state index in [4.69, 9.17) is 39.1 Å². The Morgan fingerprint density at radius 3 is 0.526 bits per heavy atom. The average Bonchev–Trinajstić information content (AvgIpc) is 1.85. The summed E-state index contributed by atoms with van der Waals surface area (Å²) >= 11 is -5.01. The normalized spacial score (nSPS) is 3.68. The van der Waals surface area contributed by atoms with Gasteiger partial charge in [0.25, 0.3) is 0 Å². The molecule has 19 heavy (non-hydrogen) atoms. The minimum absolute atomic E-state index is 0. The van der Waals surface area contributed by atoms with Crippen LogP contribution in [0.1, 0.15) is 0 Å². The third-order valence-corrected chi connectivity index (χ3v) is 0. The molecule has 0 amide bonds. The topological polar surface area (TPSA) is 333 Å². The third-order valence-electron chi connectivity index (χ3n) is 0. The molecule has 0 heterocycles. The Morgan fingerprint density at radius 2 is 0.526 bits per heavy atom. The van der Waals surface area contributed by atoms with E-state index in [2.05, 4.69) is 0 Å². The molecule has 0 saturated heterocycles. The van der Waals surface area contributed by atoms with E-state index in [0.29, 0.717) is 0 Å². The summed E-state index contributed by atoms with van der Waals surface area (Å²) in [5, 5.41) is 50.5. The summed E-state index contributed by atoms with van der Waals surface area (Å²) in [4.78, 5) is 0. The fourth-order valence-corrected chi connectivity index (χ4v) is 0. The molecule has 0 aliphatic heterocycles. The molecule has 0 atom stereocenters. The first-order valence-corrected chi connectivity index (χ1v) is 9.03. The standard InChI is InChI=1S/2BO3.Ca.4H2O.4O.2U/c2*2-1(3)4;;;;;;;;;;;/h;;;4*1H2;;;;;;/q2*-3;+2;;;;;;;;;2*+2. The van der Waals surface area contributed by atoms with Gasteiger partial charge in [0.2, 0.25) is 0 Å². The molecule has 108 valence electrons. The van der Waals surface area contributed by atoms with Gasteiger partial charge in [0.05, 0.1) is 0 Å². The third kappa shape index (κ3) is 1290. The molecule has 0 aromatic carbocycles. The van der Waals surface area contributed by atoms with E-state index in [0.717, 1.165) is 0 Å². The van der Waals surface area contributed by atoms with Crippen LogP contribution in [0.3, 0.4) is 0 Å². The maximum atomic E-state index is 8.58. The van der Waals surface area contributed by atoms with Crippen LogP contribution in [-0.4, -0.2) is 74.3 Å². The molecule has 19 heteroatoms. The van der Waals surface area contributed by atoms with Gasteiger partial charge in [0.1, 0.15) is 0 Å². The molecule has 0 aliphatic rings. The summed E-state index contributed by atoms with van der Waals surface area (Å²) in [5.41, 5.74) is 0. The molecule has 0 radical (unpaired) electrons. The zero-order valence-electron chi connectivity index (χ0n) is 8.94. The van der Waals surface area contributed by atoms with Crippen molar-refractivity contribution in [2.24, 2.45) is 0 Å². The minimum atomic E-state index is -2.92. The van der Waals surface area contributed by atoms with Crippen LogP contribution in [0.2, 0.25) is 0 Å². The first-order valence-electron chi connectivity index (χ1n) is 2.23. The molecular formula is H8B2CaO14U2. The van der Waals surface area contributed by atoms with E-state index in [9.17, 15) is 0 Å². The molecule has 0 spiro atoms. The maximum absolute atomic E-state index is 8.58. The Balaban J connectivity index is -0.00000000929. The Bertz CT molecular complexity index is 126. The van der Waals surface area contributed by atoms with Crippen molar-refractivity contribution in [1.29, 1.82) is 0 Å². The average molecular weight is 770 g/mol. The van der Waals surface area contributed by atoms with Gasteiger partial charge in [-0.3, -0.25) is 14.6 Å². The van der Waals surface area contributed by atoms with E-state index < -0.39 is 70.3 Å². The van der Waals surface area contributed by atoms with E-state index in [1.807, 2.05) is 0 Å². The number of hydrogen-bond donors (Lipinski definition) is 0. The Morgan fingerprint density at radius 1 is 0.526 bits per heavy atom. The van der Waals surface area contributed by atoms with Crippen LogP contribution in [0.5, 0.6) is 0 Å². The van der Waals surface area contributed by atoms with Gasteiger partial charge in [-0.15, -0.1) is 0 Å². The second-order valence-corrected chi connectivity index (χ2v) is 2.13. The fourth-order valence-electron chi connectivity index (χ4n) is 0. The van der Waals surface area contributed by atoms with Gasteiger partial charge in [-0.25, -0.2) is 0 Å². The summed E-state index contributed by atoms with van der Waals surface area (Å²) in [5.74, 6) is 0. The number of hydrogen-bond acceptors (Lipinski definition) is 10. The zero-order valence-corrected chi connectivity index (χ0v) is 19.5. The SMILES string of the molecule is O.O.O.O.[Ca+2].[O-]B([O-])[O-].[O-]B([O-])[O-].[O]=[U+2]=[O].[O]=[U+2]=[O]. The van der Waals surface area contributed by atoms with Crippen LogP contribution in [0.4, 0.5) is 0 Å². The van der Waals surface area contributed by atoms with Crippen LogP contribution in [0.15, 0.2) is 0 Å². The molecule has 0 rings (SSSR count). The van der Waals surface area contributed by atoms with E-state index in [-0.39, 0.29) is 59.6 Å². The van der Waals surface area contributed by atoms with Crippen LogP contribution in [-0.2, 0) is 8.94 Å². The van der Waals surface area contributed by atoms with Gasteiger partial charge < -0.3 is 52.0 Å². The Labute approximate surface area is 166 Å². The van der Waals surface area contributed by atoms with Crippen molar-refractivity contribution >= 4 is 52.4 Å². The van der Waals surface area contributed by atoms with Crippen molar-refractivity contribution in [2.45, 2.75) is 0 Å². The molecule has 0 aliphatic carbocycles. The molecule has 0 fully saturated rings. The van der Waals surface area contributed by atoms with Crippen LogP contribution in [0, 0.1) is 55.6 Å². The van der Waals surface area contributed by atoms with Crippen molar-refractivity contribution in [1.82, 2.24) is 0 Å². The van der Waals surface area contributed by atoms with Crippen molar-refractivity contribution in [3.05, 3.63) is 0 Å². The molecule has 0 aromatic rings. The fraction of sp³-hybridized carbons (Fsp3) is 0. The van der Waals surface area contributed by atoms with Gasteiger partial charge in [0.15, 0.2) is 0 Å². The second kappa shape index (κ2) is 71.3. The molecular weight excluding hydrogens is 762 g/mol. The van der Waals surface area contributed by atoms with E-state index in [1.54, 1.807) is 0 Å². The summed E-state index contributed by atoms with van der Waals surface area (Å²) in [6, 6.07) is 0. The first-order chi connectivity index (χ1) is 6.29. The zero-order chi connectivity index (χ0) is 12.6. The van der Waals surface area contributed by atoms with E-state index in [1.165, 1.54) is 0 Å². The van der Waals surface area contributed by atoms with Crippen molar-refractivity contribution in [3.63, 3.8) is 0 Å². The van der Waals surface area contributed by atoms with Gasteiger partial charge in [-0.1, -0.05) is 0 Å². The molecule has 8 N–H and O–H groups in total. The summed E-state index contributed by atoms with van der Waals surface area (Å²) in [6.45, 7) is 0. The molecule has 0 bridgehead atoms. The first kappa shape index (κ1) is 58.0. The van der Waals surface area contributed by atoms with Crippen molar-refractivity contribution < 1.29 is 117 Å². The Kier molecular flexibility index (Phi) is 218. The quantitative estimate of drug-likeness (QED) is 0.209. The Hall–Kier alpha value is 2.29. The second-order valence-electron chi connectivity index (χ2n) is 0.744.